The van der Waals surface area contributed by atoms with Gasteiger partial charge in [-0.2, -0.15) is 0 Å². The second-order valence-corrected chi connectivity index (χ2v) is 10.5. The minimum Gasteiger partial charge on any atom is -0.493 e. The van der Waals surface area contributed by atoms with Crippen molar-refractivity contribution in [1.29, 1.82) is 0 Å². The molecule has 0 aliphatic carbocycles. The lowest BCUT2D eigenvalue weighted by molar-refractivity contribution is -0.385. The van der Waals surface area contributed by atoms with Crippen molar-refractivity contribution in [2.24, 2.45) is 10.2 Å². The van der Waals surface area contributed by atoms with Crippen LogP contribution in [-0.4, -0.2) is 70.7 Å². The first kappa shape index (κ1) is 28.2. The van der Waals surface area contributed by atoms with E-state index in [2.05, 4.69) is 20.1 Å². The number of ether oxygens (including phenoxy) is 2. The molecule has 1 aromatic rings. The van der Waals surface area contributed by atoms with E-state index in [9.17, 15) is 14.9 Å². The minimum atomic E-state index is -0.630. The molecule has 0 N–H and O–H groups in total. The predicted molar refractivity (Wildman–Crippen MR) is 136 cm³/mol. The Morgan fingerprint density at radius 3 is 2.57 bits per heavy atom. The molecule has 1 aliphatic rings. The number of nitro benzene ring substituents is 1. The number of likely N-dealkylation sites (tertiary alicyclic amines) is 1. The van der Waals surface area contributed by atoms with Crippen molar-refractivity contribution in [2.75, 3.05) is 38.3 Å². The fraction of sp³-hybridized carbons (Fsp3) is 0.650. The van der Waals surface area contributed by atoms with Crippen molar-refractivity contribution >= 4 is 35.1 Å². The van der Waals surface area contributed by atoms with Gasteiger partial charge in [0.25, 0.3) is 11.6 Å². The maximum absolute atomic E-state index is 13.7. The van der Waals surface area contributed by atoms with Crippen molar-refractivity contribution in [3.05, 3.63) is 48.7 Å². The van der Waals surface area contributed by atoms with Crippen LogP contribution in [0.1, 0.15) is 37.0 Å². The lowest BCUT2D eigenvalue weighted by Crippen LogP contribution is -2.41. The van der Waals surface area contributed by atoms with Crippen LogP contribution in [0.2, 0.25) is 0 Å². The average molecular weight is 525 g/mol. The molecule has 1 aliphatic heterocycles. The molecule has 0 saturated carbocycles. The number of nitrogens with zero attached hydrogens (tertiary/aromatic N) is 8. The molecule has 2 atom stereocenters. The van der Waals surface area contributed by atoms with Gasteiger partial charge in [0, 0.05) is 29.0 Å². The van der Waals surface area contributed by atoms with E-state index in [-0.39, 0.29) is 47.4 Å². The molecule has 0 aromatic heterocycles. The summed E-state index contributed by atoms with van der Waals surface area (Å²) >= 11 is 3.39. The van der Waals surface area contributed by atoms with Crippen LogP contribution in [0, 0.1) is 10.1 Å². The second-order valence-electron chi connectivity index (χ2n) is 7.33. The number of methoxy groups -OCH3 is 1. The van der Waals surface area contributed by atoms with Gasteiger partial charge < -0.3 is 14.4 Å². The Labute approximate surface area is 211 Å². The smallest absolute Gasteiger partial charge is 0.286 e. The van der Waals surface area contributed by atoms with Crippen LogP contribution in [0.3, 0.4) is 0 Å². The summed E-state index contributed by atoms with van der Waals surface area (Å²) in [5, 5.41) is 19.1. The highest BCUT2D eigenvalue weighted by Crippen LogP contribution is 2.40. The summed E-state index contributed by atoms with van der Waals surface area (Å²) in [6.07, 6.45) is 0.890. The molecule has 1 fully saturated rings. The number of hydrogen-bond acceptors (Lipinski definition) is 9. The van der Waals surface area contributed by atoms with E-state index in [1.807, 2.05) is 13.8 Å². The van der Waals surface area contributed by atoms with Crippen molar-refractivity contribution in [1.82, 2.24) is 4.90 Å². The third-order valence-electron chi connectivity index (χ3n) is 5.21. The molecule has 35 heavy (non-hydrogen) atoms. The van der Waals surface area contributed by atoms with Crippen LogP contribution in [0.25, 0.3) is 20.9 Å². The second kappa shape index (κ2) is 14.4. The van der Waals surface area contributed by atoms with E-state index in [0.717, 1.165) is 11.5 Å². The van der Waals surface area contributed by atoms with Gasteiger partial charge in [0.1, 0.15) is 5.56 Å². The number of rotatable bonds is 14. The summed E-state index contributed by atoms with van der Waals surface area (Å²) in [7, 11) is 1.38. The molecule has 13 nitrogen and oxygen atoms in total. The molecule has 0 radical (unpaired) electrons. The largest absolute Gasteiger partial charge is 0.493 e. The van der Waals surface area contributed by atoms with Crippen molar-refractivity contribution in [3.8, 4) is 11.5 Å². The number of carbonyl (C=O) groups excluding carboxylic acids is 1. The van der Waals surface area contributed by atoms with Crippen molar-refractivity contribution in [3.63, 3.8) is 0 Å². The monoisotopic (exact) mass is 524 g/mol. The molecule has 1 aromatic carbocycles. The number of nitro groups is 1. The maximum Gasteiger partial charge on any atom is 0.286 e. The van der Waals surface area contributed by atoms with Crippen molar-refractivity contribution in [2.45, 2.75) is 43.4 Å². The molecule has 0 unspecified atom stereocenters. The zero-order valence-electron chi connectivity index (χ0n) is 19.8. The van der Waals surface area contributed by atoms with Crippen LogP contribution in [-0.2, 0) is 0 Å². The average Bonchev–Trinajstić information content (AvgIpc) is 3.26. The Kier molecular flexibility index (Phi) is 11.6. The van der Waals surface area contributed by atoms with Gasteiger partial charge in [-0.1, -0.05) is 24.1 Å². The maximum atomic E-state index is 13.7. The number of azide groups is 2. The molecule has 190 valence electrons. The van der Waals surface area contributed by atoms with E-state index in [0.29, 0.717) is 12.8 Å². The van der Waals surface area contributed by atoms with Crippen LogP contribution < -0.4 is 9.47 Å². The van der Waals surface area contributed by atoms with Gasteiger partial charge in [0.2, 0.25) is 0 Å². The molecule has 1 amide bonds. The minimum absolute atomic E-state index is 0.0347. The Morgan fingerprint density at radius 2 is 2.00 bits per heavy atom. The highest BCUT2D eigenvalue weighted by molar-refractivity contribution is 8.17. The zero-order chi connectivity index (χ0) is 25.8. The number of carbonyl (C=O) groups is 1. The molecule has 2 rings (SSSR count). The van der Waals surface area contributed by atoms with Gasteiger partial charge in [0.15, 0.2) is 11.5 Å². The fourth-order valence-electron chi connectivity index (χ4n) is 3.75. The molecule has 1 saturated heterocycles. The quantitative estimate of drug-likeness (QED) is 0.0593. The Hall–Kier alpha value is -2.99. The zero-order valence-corrected chi connectivity index (χ0v) is 21.4. The highest BCUT2D eigenvalue weighted by Gasteiger charge is 2.41. The van der Waals surface area contributed by atoms with Crippen LogP contribution in [0.15, 0.2) is 22.4 Å². The van der Waals surface area contributed by atoms with Crippen molar-refractivity contribution < 1.29 is 19.2 Å². The summed E-state index contributed by atoms with van der Waals surface area (Å²) in [4.78, 5) is 32.1. The van der Waals surface area contributed by atoms with Crippen LogP contribution in [0.4, 0.5) is 5.69 Å². The van der Waals surface area contributed by atoms with Gasteiger partial charge >= 0.3 is 0 Å². The van der Waals surface area contributed by atoms with Gasteiger partial charge in [-0.3, -0.25) is 14.9 Å². The van der Waals surface area contributed by atoms with E-state index in [1.165, 1.54) is 19.2 Å². The first-order valence-electron chi connectivity index (χ1n) is 11.0. The molecule has 0 spiro atoms. The highest BCUT2D eigenvalue weighted by atomic mass is 32.2. The van der Waals surface area contributed by atoms with Gasteiger partial charge in [-0.25, -0.2) is 0 Å². The Morgan fingerprint density at radius 1 is 1.29 bits per heavy atom. The number of benzene rings is 1. The number of hydrogen-bond donors (Lipinski definition) is 0. The summed E-state index contributed by atoms with van der Waals surface area (Å²) < 4.78 is 11.0. The first-order chi connectivity index (χ1) is 16.9. The van der Waals surface area contributed by atoms with Gasteiger partial charge in [0.05, 0.1) is 41.4 Å². The predicted octanol–water partition coefficient (Wildman–Crippen LogP) is 5.41. The normalized spacial score (nSPS) is 17.0. The SMILES string of the molecule is CCSC(SCC)[C@@H]1C[C@H](N=[N+]=[N-])CN1C(=O)c1cc(OC)c(OCCCN=[N+]=[N-])cc1[N+](=O)[O-]. The van der Waals surface area contributed by atoms with Gasteiger partial charge in [-0.05, 0) is 35.4 Å². The van der Waals surface area contributed by atoms with Crippen LogP contribution in [0.5, 0.6) is 11.5 Å². The summed E-state index contributed by atoms with van der Waals surface area (Å²) in [5.41, 5.74) is 16.8. The molecular formula is C20H28N8O5S2. The fourth-order valence-corrected chi connectivity index (χ4v) is 6.57. The topological polar surface area (TPSA) is 179 Å². The third kappa shape index (κ3) is 7.49. The van der Waals surface area contributed by atoms with E-state index in [4.69, 9.17) is 20.5 Å². The van der Waals surface area contributed by atoms with E-state index < -0.39 is 22.6 Å². The summed E-state index contributed by atoms with van der Waals surface area (Å²) in [5.74, 6) is 1.43. The molecule has 0 bridgehead atoms. The van der Waals surface area contributed by atoms with Crippen LogP contribution >= 0.6 is 23.5 Å². The number of thioether (sulfide) groups is 2. The molecular weight excluding hydrogens is 496 g/mol. The number of amides is 1. The van der Waals surface area contributed by atoms with Gasteiger partial charge in [-0.15, -0.1) is 23.5 Å². The Bertz CT molecular complexity index is 994. The summed E-state index contributed by atoms with van der Waals surface area (Å²) in [6, 6.07) is 1.83. The Balaban J connectivity index is 2.43. The molecule has 1 heterocycles. The molecule has 15 heteroatoms. The first-order valence-corrected chi connectivity index (χ1v) is 13.1. The third-order valence-corrected chi connectivity index (χ3v) is 7.97. The van der Waals surface area contributed by atoms with E-state index in [1.54, 1.807) is 28.4 Å². The standard InChI is InChI=1S/C20H28N8O5S2/c1-4-34-20(35-5-2)16-9-13(24-26-22)12-27(16)19(29)14-10-17(32-3)18(11-15(14)28(30)31)33-8-6-7-23-25-21/h10-11,13,16,20H,4-9,12H2,1-3H3/t13-,16-/m0/s1. The summed E-state index contributed by atoms with van der Waals surface area (Å²) in [6.45, 7) is 4.59. The van der Waals surface area contributed by atoms with E-state index >= 15 is 0 Å². The lowest BCUT2D eigenvalue weighted by atomic mass is 10.1. The lowest BCUT2D eigenvalue weighted by Gasteiger charge is -2.31.